The number of nitrogens with one attached hydrogen (secondary N) is 2. The van der Waals surface area contributed by atoms with Gasteiger partial charge in [-0.3, -0.25) is 4.79 Å². The van der Waals surface area contributed by atoms with Crippen molar-refractivity contribution in [3.63, 3.8) is 0 Å². The number of halogens is 1. The molecule has 1 fully saturated rings. The van der Waals surface area contributed by atoms with Gasteiger partial charge in [0.2, 0.25) is 5.91 Å². The molecule has 0 aromatic heterocycles. The minimum atomic E-state index is -0.0408. The molecule has 17 heavy (non-hydrogen) atoms. The molecule has 1 aliphatic rings. The lowest BCUT2D eigenvalue weighted by Crippen LogP contribution is -2.48. The van der Waals surface area contributed by atoms with Gasteiger partial charge in [0.25, 0.3) is 0 Å². The Kier molecular flexibility index (Phi) is 4.88. The van der Waals surface area contributed by atoms with Crippen LogP contribution in [0.15, 0.2) is 28.7 Å². The van der Waals surface area contributed by atoms with E-state index in [1.54, 1.807) is 0 Å². The Hall–Kier alpha value is -0.520. The van der Waals surface area contributed by atoms with Crippen molar-refractivity contribution in [2.24, 2.45) is 0 Å². The van der Waals surface area contributed by atoms with Crippen molar-refractivity contribution in [3.05, 3.63) is 34.3 Å². The number of hydrogen-bond donors (Lipinski definition) is 2. The number of thioether (sulfide) groups is 1. The number of rotatable bonds is 3. The topological polar surface area (TPSA) is 41.1 Å². The Labute approximate surface area is 114 Å². The summed E-state index contributed by atoms with van der Waals surface area (Å²) in [5, 5.41) is 6.18. The van der Waals surface area contributed by atoms with Gasteiger partial charge in [-0.2, -0.15) is 11.8 Å². The Morgan fingerprint density at radius 1 is 1.59 bits per heavy atom. The predicted molar refractivity (Wildman–Crippen MR) is 75.1 cm³/mol. The molecule has 1 heterocycles. The van der Waals surface area contributed by atoms with Crippen LogP contribution in [0.3, 0.4) is 0 Å². The molecule has 1 unspecified atom stereocenters. The summed E-state index contributed by atoms with van der Waals surface area (Å²) in [6, 6.07) is 7.93. The molecule has 1 aliphatic heterocycles. The van der Waals surface area contributed by atoms with Crippen LogP contribution in [0.25, 0.3) is 0 Å². The van der Waals surface area contributed by atoms with E-state index in [2.05, 4.69) is 26.6 Å². The van der Waals surface area contributed by atoms with Gasteiger partial charge in [0.05, 0.1) is 6.04 Å². The molecule has 2 rings (SSSR count). The van der Waals surface area contributed by atoms with E-state index in [1.807, 2.05) is 36.0 Å². The molecule has 0 saturated carbocycles. The second kappa shape index (κ2) is 6.42. The molecule has 1 aromatic carbocycles. The largest absolute Gasteiger partial charge is 0.351 e. The van der Waals surface area contributed by atoms with E-state index >= 15 is 0 Å². The molecule has 2 N–H and O–H groups in total. The van der Waals surface area contributed by atoms with Gasteiger partial charge in [0.15, 0.2) is 0 Å². The van der Waals surface area contributed by atoms with Crippen molar-refractivity contribution in [1.29, 1.82) is 0 Å². The first-order valence-corrected chi connectivity index (χ1v) is 7.54. The van der Waals surface area contributed by atoms with Crippen LogP contribution in [0.1, 0.15) is 5.56 Å². The third-order valence-electron chi connectivity index (χ3n) is 2.59. The average molecular weight is 315 g/mol. The van der Waals surface area contributed by atoms with Crippen LogP contribution >= 0.6 is 27.7 Å². The first-order chi connectivity index (χ1) is 8.25. The van der Waals surface area contributed by atoms with E-state index in [0.29, 0.717) is 6.54 Å². The molecular weight excluding hydrogens is 300 g/mol. The van der Waals surface area contributed by atoms with Crippen molar-refractivity contribution in [2.45, 2.75) is 12.6 Å². The summed E-state index contributed by atoms with van der Waals surface area (Å²) in [5.74, 6) is 2.05. The highest BCUT2D eigenvalue weighted by atomic mass is 79.9. The highest BCUT2D eigenvalue weighted by Gasteiger charge is 2.20. The number of benzene rings is 1. The van der Waals surface area contributed by atoms with Crippen molar-refractivity contribution >= 4 is 33.6 Å². The third-order valence-corrected chi connectivity index (χ3v) is 4.15. The lowest BCUT2D eigenvalue weighted by atomic mass is 10.2. The Morgan fingerprint density at radius 3 is 3.18 bits per heavy atom. The van der Waals surface area contributed by atoms with Crippen molar-refractivity contribution < 1.29 is 4.79 Å². The number of hydrogen-bond acceptors (Lipinski definition) is 3. The van der Waals surface area contributed by atoms with Gasteiger partial charge >= 0.3 is 0 Å². The zero-order valence-corrected chi connectivity index (χ0v) is 11.8. The fourth-order valence-electron chi connectivity index (χ4n) is 1.69. The SMILES string of the molecule is O=C(NCc1cccc(Br)c1)C1CSCCN1. The van der Waals surface area contributed by atoms with Crippen molar-refractivity contribution in [1.82, 2.24) is 10.6 Å². The molecule has 0 radical (unpaired) electrons. The summed E-state index contributed by atoms with van der Waals surface area (Å²) in [4.78, 5) is 11.9. The van der Waals surface area contributed by atoms with E-state index in [0.717, 1.165) is 28.1 Å². The third kappa shape index (κ3) is 4.01. The number of carbonyl (C=O) groups is 1. The maximum atomic E-state index is 11.9. The highest BCUT2D eigenvalue weighted by Crippen LogP contribution is 2.12. The van der Waals surface area contributed by atoms with Gasteiger partial charge in [0, 0.05) is 29.1 Å². The Bertz CT molecular complexity index is 394. The van der Waals surface area contributed by atoms with Crippen LogP contribution in [0, 0.1) is 0 Å². The molecule has 1 saturated heterocycles. The zero-order valence-electron chi connectivity index (χ0n) is 9.41. The lowest BCUT2D eigenvalue weighted by Gasteiger charge is -2.22. The van der Waals surface area contributed by atoms with Crippen molar-refractivity contribution in [3.8, 4) is 0 Å². The second-order valence-corrected chi connectivity index (χ2v) is 5.99. The van der Waals surface area contributed by atoms with Crippen LogP contribution in [0.5, 0.6) is 0 Å². The fraction of sp³-hybridized carbons (Fsp3) is 0.417. The van der Waals surface area contributed by atoms with Gasteiger partial charge < -0.3 is 10.6 Å². The highest BCUT2D eigenvalue weighted by molar-refractivity contribution is 9.10. The lowest BCUT2D eigenvalue weighted by molar-refractivity contribution is -0.122. The van der Waals surface area contributed by atoms with Crippen molar-refractivity contribution in [2.75, 3.05) is 18.1 Å². The zero-order chi connectivity index (χ0) is 12.1. The molecule has 1 amide bonds. The molecule has 1 atom stereocenters. The van der Waals surface area contributed by atoms with E-state index in [4.69, 9.17) is 0 Å². The molecule has 0 aliphatic carbocycles. The fourth-order valence-corrected chi connectivity index (χ4v) is 3.07. The summed E-state index contributed by atoms with van der Waals surface area (Å²) in [6.07, 6.45) is 0. The van der Waals surface area contributed by atoms with Gasteiger partial charge in [-0.1, -0.05) is 28.1 Å². The van der Waals surface area contributed by atoms with Gasteiger partial charge in [-0.15, -0.1) is 0 Å². The first-order valence-electron chi connectivity index (χ1n) is 5.59. The quantitative estimate of drug-likeness (QED) is 0.893. The minimum Gasteiger partial charge on any atom is -0.351 e. The summed E-state index contributed by atoms with van der Waals surface area (Å²) >= 11 is 5.24. The maximum Gasteiger partial charge on any atom is 0.238 e. The standard InChI is InChI=1S/C12H15BrN2OS/c13-10-3-1-2-9(6-10)7-15-12(16)11-8-17-5-4-14-11/h1-3,6,11,14H,4-5,7-8H2,(H,15,16). The molecule has 3 nitrogen and oxygen atoms in total. The van der Waals surface area contributed by atoms with E-state index in [-0.39, 0.29) is 11.9 Å². The van der Waals surface area contributed by atoms with Crippen LogP contribution < -0.4 is 10.6 Å². The maximum absolute atomic E-state index is 11.9. The van der Waals surface area contributed by atoms with E-state index in [1.165, 1.54) is 0 Å². The summed E-state index contributed by atoms with van der Waals surface area (Å²) in [6.45, 7) is 1.50. The predicted octanol–water partition coefficient (Wildman–Crippen LogP) is 1.77. The van der Waals surface area contributed by atoms with Gasteiger partial charge in [-0.25, -0.2) is 0 Å². The van der Waals surface area contributed by atoms with Crippen LogP contribution in [0.4, 0.5) is 0 Å². The summed E-state index contributed by atoms with van der Waals surface area (Å²) < 4.78 is 1.04. The molecular formula is C12H15BrN2OS. The molecule has 92 valence electrons. The summed E-state index contributed by atoms with van der Waals surface area (Å²) in [5.41, 5.74) is 1.11. The molecule has 5 heteroatoms. The van der Waals surface area contributed by atoms with Crippen LogP contribution in [-0.2, 0) is 11.3 Å². The van der Waals surface area contributed by atoms with Gasteiger partial charge in [0.1, 0.15) is 0 Å². The van der Waals surface area contributed by atoms with Crippen LogP contribution in [0.2, 0.25) is 0 Å². The van der Waals surface area contributed by atoms with Crippen LogP contribution in [-0.4, -0.2) is 30.0 Å². The first kappa shape index (κ1) is 12.9. The Morgan fingerprint density at radius 2 is 2.47 bits per heavy atom. The molecule has 0 bridgehead atoms. The number of carbonyl (C=O) groups excluding carboxylic acids is 1. The number of amides is 1. The monoisotopic (exact) mass is 314 g/mol. The molecule has 1 aromatic rings. The summed E-state index contributed by atoms with van der Waals surface area (Å²) in [7, 11) is 0. The molecule has 0 spiro atoms. The van der Waals surface area contributed by atoms with Gasteiger partial charge in [-0.05, 0) is 17.7 Å². The normalized spacial score (nSPS) is 19.9. The smallest absolute Gasteiger partial charge is 0.238 e. The second-order valence-electron chi connectivity index (χ2n) is 3.93. The van der Waals surface area contributed by atoms with E-state index in [9.17, 15) is 4.79 Å². The average Bonchev–Trinajstić information content (AvgIpc) is 2.37. The van der Waals surface area contributed by atoms with E-state index < -0.39 is 0 Å². The minimum absolute atomic E-state index is 0.0408. The Balaban J connectivity index is 1.83.